The lowest BCUT2D eigenvalue weighted by Gasteiger charge is -2.15. The number of amides is 1. The van der Waals surface area contributed by atoms with Crippen LogP contribution in [0.3, 0.4) is 0 Å². The van der Waals surface area contributed by atoms with Gasteiger partial charge in [-0.1, -0.05) is 5.57 Å². The van der Waals surface area contributed by atoms with Gasteiger partial charge in [-0.05, 0) is 13.3 Å². The molecule has 0 heterocycles. The minimum atomic E-state index is -0.767. The first kappa shape index (κ1) is 12.6. The Bertz CT molecular complexity index is 237. The van der Waals surface area contributed by atoms with Crippen molar-refractivity contribution in [3.05, 3.63) is 12.2 Å². The Morgan fingerprint density at radius 1 is 1.57 bits per heavy atom. The molecule has 0 radical (unpaired) electrons. The summed E-state index contributed by atoms with van der Waals surface area (Å²) in [4.78, 5) is 22.0. The number of carbonyl (C=O) groups is 2. The summed E-state index contributed by atoms with van der Waals surface area (Å²) in [5.74, 6) is -1.16. The van der Waals surface area contributed by atoms with Gasteiger partial charge in [0.05, 0.1) is 7.11 Å². The van der Waals surface area contributed by atoms with Gasteiger partial charge in [0.1, 0.15) is 12.6 Å². The molecule has 0 bridgehead atoms. The molecule has 0 spiro atoms. The summed E-state index contributed by atoms with van der Waals surface area (Å²) in [6.45, 7) is 4.71. The smallest absolute Gasteiger partial charge is 0.328 e. The summed E-state index contributed by atoms with van der Waals surface area (Å²) < 4.78 is 4.48. The highest BCUT2D eigenvalue weighted by molar-refractivity contribution is 5.85. The van der Waals surface area contributed by atoms with Crippen LogP contribution in [0.1, 0.15) is 13.3 Å². The van der Waals surface area contributed by atoms with E-state index in [4.69, 9.17) is 5.11 Å². The number of ether oxygens (including phenoxy) is 1. The molecule has 5 nitrogen and oxygen atoms in total. The predicted molar refractivity (Wildman–Crippen MR) is 50.5 cm³/mol. The molecule has 80 valence electrons. The number of aliphatic hydroxyl groups excluding tert-OH is 1. The van der Waals surface area contributed by atoms with Gasteiger partial charge in [-0.2, -0.15) is 0 Å². The summed E-state index contributed by atoms with van der Waals surface area (Å²) in [6.07, 6.45) is 0.304. The normalized spacial score (nSPS) is 11.6. The molecule has 0 aliphatic heterocycles. The number of nitrogens with one attached hydrogen (secondary N) is 1. The van der Waals surface area contributed by atoms with Crippen LogP contribution in [0.25, 0.3) is 0 Å². The minimum Gasteiger partial charge on any atom is -0.467 e. The summed E-state index contributed by atoms with van der Waals surface area (Å²) >= 11 is 0. The number of carbonyl (C=O) groups excluding carboxylic acids is 2. The molecule has 0 saturated carbocycles. The lowest BCUT2D eigenvalue weighted by molar-refractivity contribution is -0.145. The highest BCUT2D eigenvalue weighted by atomic mass is 16.5. The van der Waals surface area contributed by atoms with Crippen LogP contribution in [0.15, 0.2) is 12.2 Å². The maximum absolute atomic E-state index is 11.1. The molecular formula is C9H15NO4. The average Bonchev–Trinajstić information content (AvgIpc) is 2.14. The molecule has 0 aliphatic carbocycles. The van der Waals surface area contributed by atoms with Crippen LogP contribution in [-0.2, 0) is 14.3 Å². The van der Waals surface area contributed by atoms with Gasteiger partial charge in [-0.25, -0.2) is 4.79 Å². The Morgan fingerprint density at radius 3 is 2.50 bits per heavy atom. The molecule has 0 fully saturated rings. The highest BCUT2D eigenvalue weighted by Crippen LogP contribution is 2.03. The first-order valence-corrected chi connectivity index (χ1v) is 4.13. The minimum absolute atomic E-state index is 0.304. The van der Waals surface area contributed by atoms with Gasteiger partial charge < -0.3 is 15.2 Å². The first-order valence-electron chi connectivity index (χ1n) is 4.13. The summed E-state index contributed by atoms with van der Waals surface area (Å²) in [6, 6.07) is -0.767. The van der Waals surface area contributed by atoms with E-state index in [1.54, 1.807) is 6.92 Å². The second-order valence-corrected chi connectivity index (χ2v) is 2.96. The molecule has 0 aromatic carbocycles. The predicted octanol–water partition coefficient (Wildman–Crippen LogP) is -0.397. The number of hydrogen-bond donors (Lipinski definition) is 2. The summed E-state index contributed by atoms with van der Waals surface area (Å²) in [5.41, 5.74) is 0.749. The molecule has 1 atom stereocenters. The van der Waals surface area contributed by atoms with Crippen LogP contribution in [0.2, 0.25) is 0 Å². The largest absolute Gasteiger partial charge is 0.467 e. The van der Waals surface area contributed by atoms with Crippen molar-refractivity contribution >= 4 is 11.9 Å². The van der Waals surface area contributed by atoms with Crippen LogP contribution >= 0.6 is 0 Å². The van der Waals surface area contributed by atoms with Gasteiger partial charge in [0, 0.05) is 0 Å². The standard InChI is InChI=1S/C9H15NO4/c1-6(2)4-7(9(13)14-3)10-8(12)5-11/h7,11H,1,4-5H2,2-3H3,(H,10,12)/t7-/m0/s1. The first-order chi connectivity index (χ1) is 6.51. The van der Waals surface area contributed by atoms with Gasteiger partial charge >= 0.3 is 5.97 Å². The van der Waals surface area contributed by atoms with Gasteiger partial charge in [0.2, 0.25) is 5.91 Å². The number of aliphatic hydroxyl groups is 1. The quantitative estimate of drug-likeness (QED) is 0.469. The Balaban J connectivity index is 4.31. The van der Waals surface area contributed by atoms with Gasteiger partial charge in [0.15, 0.2) is 0 Å². The molecule has 14 heavy (non-hydrogen) atoms. The SMILES string of the molecule is C=C(C)C[C@H](NC(=O)CO)C(=O)OC. The third kappa shape index (κ3) is 4.61. The van der Waals surface area contributed by atoms with Crippen molar-refractivity contribution in [1.82, 2.24) is 5.32 Å². The third-order valence-electron chi connectivity index (χ3n) is 1.52. The van der Waals surface area contributed by atoms with Crippen LogP contribution in [-0.4, -0.2) is 36.7 Å². The third-order valence-corrected chi connectivity index (χ3v) is 1.52. The van der Waals surface area contributed by atoms with E-state index in [0.29, 0.717) is 6.42 Å². The second-order valence-electron chi connectivity index (χ2n) is 2.96. The van der Waals surface area contributed by atoms with Crippen LogP contribution in [0.5, 0.6) is 0 Å². The average molecular weight is 201 g/mol. The van der Waals surface area contributed by atoms with Gasteiger partial charge in [0.25, 0.3) is 0 Å². The van der Waals surface area contributed by atoms with Crippen LogP contribution < -0.4 is 5.32 Å². The van der Waals surface area contributed by atoms with Crippen molar-refractivity contribution in [2.45, 2.75) is 19.4 Å². The second kappa shape index (κ2) is 6.15. The lowest BCUT2D eigenvalue weighted by atomic mass is 10.1. The zero-order chi connectivity index (χ0) is 11.1. The fraction of sp³-hybridized carbons (Fsp3) is 0.556. The zero-order valence-corrected chi connectivity index (χ0v) is 8.37. The topological polar surface area (TPSA) is 75.6 Å². The molecule has 0 aromatic heterocycles. The van der Waals surface area contributed by atoms with Crippen molar-refractivity contribution in [2.75, 3.05) is 13.7 Å². The molecule has 0 unspecified atom stereocenters. The van der Waals surface area contributed by atoms with E-state index in [1.165, 1.54) is 7.11 Å². The number of esters is 1. The fourth-order valence-corrected chi connectivity index (χ4v) is 0.924. The zero-order valence-electron chi connectivity index (χ0n) is 8.37. The van der Waals surface area contributed by atoms with E-state index >= 15 is 0 Å². The van der Waals surface area contributed by atoms with Gasteiger partial charge in [-0.3, -0.25) is 4.79 Å². The number of rotatable bonds is 5. The van der Waals surface area contributed by atoms with Crippen molar-refractivity contribution in [1.29, 1.82) is 0 Å². The Kier molecular flexibility index (Phi) is 5.55. The van der Waals surface area contributed by atoms with Crippen molar-refractivity contribution in [3.8, 4) is 0 Å². The van der Waals surface area contributed by atoms with Crippen molar-refractivity contribution < 1.29 is 19.4 Å². The Morgan fingerprint density at radius 2 is 2.14 bits per heavy atom. The Labute approximate surface area is 82.7 Å². The van der Waals surface area contributed by atoms with E-state index in [1.807, 2.05) is 0 Å². The van der Waals surface area contributed by atoms with Crippen molar-refractivity contribution in [3.63, 3.8) is 0 Å². The maximum atomic E-state index is 11.1. The maximum Gasteiger partial charge on any atom is 0.328 e. The van der Waals surface area contributed by atoms with E-state index < -0.39 is 24.5 Å². The highest BCUT2D eigenvalue weighted by Gasteiger charge is 2.20. The molecule has 2 N–H and O–H groups in total. The summed E-state index contributed by atoms with van der Waals surface area (Å²) in [7, 11) is 1.23. The monoisotopic (exact) mass is 201 g/mol. The van der Waals surface area contributed by atoms with Gasteiger partial charge in [-0.15, -0.1) is 6.58 Å². The van der Waals surface area contributed by atoms with E-state index in [2.05, 4.69) is 16.6 Å². The Hall–Kier alpha value is -1.36. The molecule has 0 saturated heterocycles. The summed E-state index contributed by atoms with van der Waals surface area (Å²) in [5, 5.41) is 10.8. The van der Waals surface area contributed by atoms with Crippen molar-refractivity contribution in [2.24, 2.45) is 0 Å². The molecule has 1 amide bonds. The number of hydrogen-bond acceptors (Lipinski definition) is 4. The molecule has 0 aliphatic rings. The fourth-order valence-electron chi connectivity index (χ4n) is 0.924. The number of methoxy groups -OCH3 is 1. The van der Waals surface area contributed by atoms with E-state index in [0.717, 1.165) is 5.57 Å². The molecule has 0 rings (SSSR count). The lowest BCUT2D eigenvalue weighted by Crippen LogP contribution is -2.42. The van der Waals surface area contributed by atoms with E-state index in [-0.39, 0.29) is 0 Å². The van der Waals surface area contributed by atoms with Crippen LogP contribution in [0.4, 0.5) is 0 Å². The van der Waals surface area contributed by atoms with Crippen LogP contribution in [0, 0.1) is 0 Å². The molecular weight excluding hydrogens is 186 g/mol. The molecule has 0 aromatic rings. The molecule has 5 heteroatoms. The van der Waals surface area contributed by atoms with E-state index in [9.17, 15) is 9.59 Å².